The highest BCUT2D eigenvalue weighted by molar-refractivity contribution is 5.32. The predicted octanol–water partition coefficient (Wildman–Crippen LogP) is 1.55. The van der Waals surface area contributed by atoms with Gasteiger partial charge in [0.15, 0.2) is 0 Å². The van der Waals surface area contributed by atoms with Gasteiger partial charge in [-0.1, -0.05) is 13.8 Å². The monoisotopic (exact) mass is 322 g/mol. The lowest BCUT2D eigenvalue weighted by Gasteiger charge is -2.58. The standard InChI is InChI=1S/C16H30N6O/c1-7-16(8-2)11(9-12(16)23-6)22(5)10-13-18-14(17)20-15(19-13)21(3)4/h11-12H,7-10H2,1-6H3,(H2,17,18,19,20)/t11-,12+/m0/s1. The van der Waals surface area contributed by atoms with Gasteiger partial charge in [-0.15, -0.1) is 0 Å². The molecule has 2 N–H and O–H groups in total. The summed E-state index contributed by atoms with van der Waals surface area (Å²) in [4.78, 5) is 17.1. The fraction of sp³-hybridized carbons (Fsp3) is 0.812. The minimum atomic E-state index is 0.215. The summed E-state index contributed by atoms with van der Waals surface area (Å²) in [7, 11) is 7.75. The van der Waals surface area contributed by atoms with Crippen LogP contribution >= 0.6 is 0 Å². The number of nitrogens with two attached hydrogens (primary N) is 1. The molecule has 2 rings (SSSR count). The number of ether oxygens (including phenoxy) is 1. The molecule has 0 spiro atoms. The van der Waals surface area contributed by atoms with Crippen molar-refractivity contribution in [3.63, 3.8) is 0 Å². The van der Waals surface area contributed by atoms with Gasteiger partial charge in [0.1, 0.15) is 5.82 Å². The van der Waals surface area contributed by atoms with Crippen LogP contribution in [0.2, 0.25) is 0 Å². The summed E-state index contributed by atoms with van der Waals surface area (Å²) < 4.78 is 5.69. The Morgan fingerprint density at radius 2 is 1.83 bits per heavy atom. The molecule has 1 aliphatic rings. The SMILES string of the molecule is CCC1(CC)[C@@H](N(C)Cc2nc(N)nc(N(C)C)n2)C[C@H]1OC. The van der Waals surface area contributed by atoms with Gasteiger partial charge in [-0.3, -0.25) is 4.90 Å². The summed E-state index contributed by atoms with van der Waals surface area (Å²) in [6, 6.07) is 0.475. The van der Waals surface area contributed by atoms with E-state index in [0.717, 1.165) is 19.3 Å². The molecule has 1 heterocycles. The summed E-state index contributed by atoms with van der Waals surface area (Å²) in [6.45, 7) is 5.16. The third-order valence-corrected chi connectivity index (χ3v) is 5.35. The first-order valence-corrected chi connectivity index (χ1v) is 8.28. The number of rotatable bonds is 7. The molecule has 1 aromatic rings. The van der Waals surface area contributed by atoms with Crippen molar-refractivity contribution < 1.29 is 4.74 Å². The Labute approximate surface area is 139 Å². The molecule has 0 saturated heterocycles. The van der Waals surface area contributed by atoms with Crippen molar-refractivity contribution in [1.29, 1.82) is 0 Å². The van der Waals surface area contributed by atoms with Crippen molar-refractivity contribution in [2.24, 2.45) is 5.41 Å². The van der Waals surface area contributed by atoms with Crippen LogP contribution in [-0.2, 0) is 11.3 Å². The molecule has 0 unspecified atom stereocenters. The number of aromatic nitrogens is 3. The molecule has 2 atom stereocenters. The maximum Gasteiger partial charge on any atom is 0.229 e. The second kappa shape index (κ2) is 6.97. The maximum absolute atomic E-state index is 5.82. The fourth-order valence-corrected chi connectivity index (χ4v) is 3.88. The Hall–Kier alpha value is -1.47. The molecule has 7 heteroatoms. The van der Waals surface area contributed by atoms with Gasteiger partial charge in [0.25, 0.3) is 0 Å². The summed E-state index contributed by atoms with van der Waals surface area (Å²) in [5, 5.41) is 0. The Morgan fingerprint density at radius 1 is 1.17 bits per heavy atom. The first kappa shape index (κ1) is 17.9. The zero-order chi connectivity index (χ0) is 17.2. The van der Waals surface area contributed by atoms with Crippen molar-refractivity contribution in [2.45, 2.75) is 51.8 Å². The Bertz CT molecular complexity index is 531. The van der Waals surface area contributed by atoms with Crippen molar-refractivity contribution in [1.82, 2.24) is 19.9 Å². The third kappa shape index (κ3) is 3.26. The highest BCUT2D eigenvalue weighted by Crippen LogP contribution is 2.51. The quantitative estimate of drug-likeness (QED) is 0.815. The van der Waals surface area contributed by atoms with Crippen molar-refractivity contribution >= 4 is 11.9 Å². The average molecular weight is 322 g/mol. The average Bonchev–Trinajstić information content (AvgIpc) is 2.47. The number of methoxy groups -OCH3 is 1. The van der Waals surface area contributed by atoms with Crippen LogP contribution in [0.5, 0.6) is 0 Å². The van der Waals surface area contributed by atoms with Crippen LogP contribution in [0.1, 0.15) is 38.9 Å². The zero-order valence-corrected chi connectivity index (χ0v) is 15.2. The second-order valence-corrected chi connectivity index (χ2v) is 6.64. The molecular weight excluding hydrogens is 292 g/mol. The van der Waals surface area contributed by atoms with Gasteiger partial charge in [-0.25, -0.2) is 0 Å². The molecule has 0 radical (unpaired) electrons. The van der Waals surface area contributed by atoms with Crippen LogP contribution in [0.25, 0.3) is 0 Å². The lowest BCUT2D eigenvalue weighted by atomic mass is 9.58. The van der Waals surface area contributed by atoms with E-state index >= 15 is 0 Å². The van der Waals surface area contributed by atoms with E-state index in [4.69, 9.17) is 10.5 Å². The highest BCUT2D eigenvalue weighted by atomic mass is 16.5. The van der Waals surface area contributed by atoms with Crippen LogP contribution < -0.4 is 10.6 Å². The van der Waals surface area contributed by atoms with Gasteiger partial charge in [0, 0.05) is 32.7 Å². The van der Waals surface area contributed by atoms with Crippen LogP contribution in [0.4, 0.5) is 11.9 Å². The molecule has 0 bridgehead atoms. The Kier molecular flexibility index (Phi) is 5.41. The van der Waals surface area contributed by atoms with Gasteiger partial charge >= 0.3 is 0 Å². The van der Waals surface area contributed by atoms with Gasteiger partial charge in [-0.05, 0) is 26.3 Å². The first-order chi connectivity index (χ1) is 10.9. The smallest absolute Gasteiger partial charge is 0.229 e. The van der Waals surface area contributed by atoms with E-state index in [1.165, 1.54) is 0 Å². The summed E-state index contributed by atoms with van der Waals surface area (Å²) >= 11 is 0. The molecule has 0 aliphatic heterocycles. The van der Waals surface area contributed by atoms with Crippen LogP contribution in [0, 0.1) is 5.41 Å². The van der Waals surface area contributed by atoms with Gasteiger partial charge in [0.05, 0.1) is 12.6 Å². The van der Waals surface area contributed by atoms with E-state index in [1.807, 2.05) is 26.1 Å². The molecule has 0 aromatic carbocycles. The fourth-order valence-electron chi connectivity index (χ4n) is 3.88. The Balaban J connectivity index is 2.15. The summed E-state index contributed by atoms with van der Waals surface area (Å²) in [5.74, 6) is 1.58. The molecular formula is C16H30N6O. The summed E-state index contributed by atoms with van der Waals surface area (Å²) in [6.07, 6.45) is 3.61. The van der Waals surface area contributed by atoms with E-state index in [9.17, 15) is 0 Å². The van der Waals surface area contributed by atoms with Crippen molar-refractivity contribution in [3.8, 4) is 0 Å². The summed E-state index contributed by atoms with van der Waals surface area (Å²) in [5.41, 5.74) is 6.03. The van der Waals surface area contributed by atoms with Crippen LogP contribution in [0.3, 0.4) is 0 Å². The van der Waals surface area contributed by atoms with Crippen molar-refractivity contribution in [3.05, 3.63) is 5.82 Å². The maximum atomic E-state index is 5.82. The molecule has 0 amide bonds. The van der Waals surface area contributed by atoms with Gasteiger partial charge in [0.2, 0.25) is 11.9 Å². The molecule has 130 valence electrons. The third-order valence-electron chi connectivity index (χ3n) is 5.35. The molecule has 7 nitrogen and oxygen atoms in total. The minimum absolute atomic E-state index is 0.215. The van der Waals surface area contributed by atoms with Crippen LogP contribution in [0.15, 0.2) is 0 Å². The van der Waals surface area contributed by atoms with Gasteiger partial charge < -0.3 is 15.4 Å². The molecule has 1 aromatic heterocycles. The van der Waals surface area contributed by atoms with Crippen LogP contribution in [-0.4, -0.2) is 60.3 Å². The number of nitrogens with zero attached hydrogens (tertiary/aromatic N) is 5. The minimum Gasteiger partial charge on any atom is -0.381 e. The number of hydrogen-bond donors (Lipinski definition) is 1. The molecule has 1 saturated carbocycles. The van der Waals surface area contributed by atoms with E-state index in [0.29, 0.717) is 30.5 Å². The Morgan fingerprint density at radius 3 is 2.35 bits per heavy atom. The second-order valence-electron chi connectivity index (χ2n) is 6.64. The largest absolute Gasteiger partial charge is 0.381 e. The first-order valence-electron chi connectivity index (χ1n) is 8.28. The molecule has 1 aliphatic carbocycles. The topological polar surface area (TPSA) is 80.4 Å². The number of hydrogen-bond acceptors (Lipinski definition) is 7. The van der Waals surface area contributed by atoms with E-state index in [-0.39, 0.29) is 11.4 Å². The molecule has 1 fully saturated rings. The van der Waals surface area contributed by atoms with Crippen molar-refractivity contribution in [2.75, 3.05) is 38.9 Å². The predicted molar refractivity (Wildman–Crippen MR) is 92.3 cm³/mol. The lowest BCUT2D eigenvalue weighted by Crippen LogP contribution is -2.63. The highest BCUT2D eigenvalue weighted by Gasteiger charge is 2.54. The number of anilines is 2. The van der Waals surface area contributed by atoms with E-state index < -0.39 is 0 Å². The van der Waals surface area contributed by atoms with E-state index in [2.05, 4.69) is 40.7 Å². The number of nitrogen functional groups attached to an aromatic ring is 1. The van der Waals surface area contributed by atoms with Gasteiger partial charge in [-0.2, -0.15) is 15.0 Å². The lowest BCUT2D eigenvalue weighted by molar-refractivity contribution is -0.158. The van der Waals surface area contributed by atoms with E-state index in [1.54, 1.807) is 0 Å². The zero-order valence-electron chi connectivity index (χ0n) is 15.2. The normalized spacial score (nSPS) is 22.9. The molecule has 23 heavy (non-hydrogen) atoms.